The Morgan fingerprint density at radius 1 is 1.24 bits per heavy atom. The van der Waals surface area contributed by atoms with Gasteiger partial charge in [0.15, 0.2) is 0 Å². The van der Waals surface area contributed by atoms with Gasteiger partial charge in [0.05, 0.1) is 10.8 Å². The van der Waals surface area contributed by atoms with E-state index in [9.17, 15) is 13.2 Å². The Morgan fingerprint density at radius 3 is 2.86 bits per heavy atom. The van der Waals surface area contributed by atoms with Gasteiger partial charge in [-0.25, -0.2) is 13.4 Å². The number of anilines is 1. The molecule has 3 rings (SSSR count). The molecule has 1 amide bonds. The van der Waals surface area contributed by atoms with E-state index in [-0.39, 0.29) is 11.7 Å². The highest BCUT2D eigenvalue weighted by molar-refractivity contribution is 7.98. The predicted molar refractivity (Wildman–Crippen MR) is 117 cm³/mol. The lowest BCUT2D eigenvalue weighted by molar-refractivity contribution is -0.120. The largest absolute Gasteiger partial charge is 0.325 e. The van der Waals surface area contributed by atoms with Gasteiger partial charge in [0.2, 0.25) is 15.9 Å². The van der Waals surface area contributed by atoms with Gasteiger partial charge in [-0.05, 0) is 49.1 Å². The van der Waals surface area contributed by atoms with Crippen LogP contribution in [0.4, 0.5) is 5.69 Å². The summed E-state index contributed by atoms with van der Waals surface area (Å²) in [7, 11) is -3.41. The Bertz CT molecular complexity index is 920. The molecule has 0 aliphatic carbocycles. The molecule has 156 valence electrons. The standard InChI is InChI=1S/C21H27N3O3S2/c1-2-14-29(26,27)24-13-6-4-10-19(24)21(25)23-18-9-7-8-17(15-18)16-28-20-11-3-5-12-22-20/h3,5,7-9,11-12,15,19H,2,4,6,10,13-14,16H2,1H3,(H,23,25). The zero-order valence-electron chi connectivity index (χ0n) is 16.6. The second-order valence-electron chi connectivity index (χ2n) is 7.08. The van der Waals surface area contributed by atoms with Gasteiger partial charge in [-0.3, -0.25) is 4.79 Å². The molecule has 1 unspecified atom stereocenters. The number of carbonyl (C=O) groups excluding carboxylic acids is 1. The molecule has 2 aromatic rings. The molecule has 29 heavy (non-hydrogen) atoms. The molecule has 1 fully saturated rings. The van der Waals surface area contributed by atoms with Gasteiger partial charge in [-0.1, -0.05) is 31.5 Å². The van der Waals surface area contributed by atoms with Crippen LogP contribution in [-0.4, -0.2) is 42.0 Å². The molecule has 8 heteroatoms. The van der Waals surface area contributed by atoms with Crippen LogP contribution >= 0.6 is 11.8 Å². The van der Waals surface area contributed by atoms with Crippen molar-refractivity contribution in [1.29, 1.82) is 0 Å². The number of hydrogen-bond donors (Lipinski definition) is 1. The molecular formula is C21H27N3O3S2. The normalized spacial score (nSPS) is 17.8. The van der Waals surface area contributed by atoms with Crippen LogP contribution in [0.5, 0.6) is 0 Å². The van der Waals surface area contributed by atoms with E-state index in [1.807, 2.05) is 49.4 Å². The predicted octanol–water partition coefficient (Wildman–Crippen LogP) is 3.91. The second kappa shape index (κ2) is 10.2. The Morgan fingerprint density at radius 2 is 2.10 bits per heavy atom. The fourth-order valence-corrected chi connectivity index (χ4v) is 5.98. The third-order valence-electron chi connectivity index (χ3n) is 4.79. The van der Waals surface area contributed by atoms with Crippen molar-refractivity contribution in [3.63, 3.8) is 0 Å². The van der Waals surface area contributed by atoms with Crippen LogP contribution in [0.25, 0.3) is 0 Å². The van der Waals surface area contributed by atoms with Crippen molar-refractivity contribution >= 4 is 33.4 Å². The Labute approximate surface area is 177 Å². The molecule has 0 saturated carbocycles. The Balaban J connectivity index is 1.66. The van der Waals surface area contributed by atoms with Crippen LogP contribution in [0.2, 0.25) is 0 Å². The number of thioether (sulfide) groups is 1. The summed E-state index contributed by atoms with van der Waals surface area (Å²) in [6, 6.07) is 12.8. The molecule has 1 saturated heterocycles. The third-order valence-corrected chi connectivity index (χ3v) is 7.89. The first-order valence-electron chi connectivity index (χ1n) is 9.93. The number of amides is 1. The number of aromatic nitrogens is 1. The zero-order chi connectivity index (χ0) is 20.7. The first-order valence-corrected chi connectivity index (χ1v) is 12.5. The van der Waals surface area contributed by atoms with Gasteiger partial charge in [0.25, 0.3) is 0 Å². The molecule has 1 aliphatic rings. The number of rotatable bonds is 8. The summed E-state index contributed by atoms with van der Waals surface area (Å²) in [4.78, 5) is 17.2. The van der Waals surface area contributed by atoms with Crippen LogP contribution in [0.1, 0.15) is 38.2 Å². The van der Waals surface area contributed by atoms with Crippen molar-refractivity contribution in [2.24, 2.45) is 0 Å². The first-order chi connectivity index (χ1) is 14.0. The lowest BCUT2D eigenvalue weighted by Crippen LogP contribution is -2.50. The van der Waals surface area contributed by atoms with Crippen molar-refractivity contribution < 1.29 is 13.2 Å². The Kier molecular flexibility index (Phi) is 7.69. The van der Waals surface area contributed by atoms with Crippen molar-refractivity contribution in [2.45, 2.75) is 49.4 Å². The SMILES string of the molecule is CCCS(=O)(=O)N1CCCCC1C(=O)Nc1cccc(CSc2ccccn2)c1. The summed E-state index contributed by atoms with van der Waals surface area (Å²) >= 11 is 1.63. The van der Waals surface area contributed by atoms with Gasteiger partial charge >= 0.3 is 0 Å². The lowest BCUT2D eigenvalue weighted by Gasteiger charge is -2.33. The van der Waals surface area contributed by atoms with E-state index in [0.29, 0.717) is 25.1 Å². The maximum absolute atomic E-state index is 12.9. The van der Waals surface area contributed by atoms with Gasteiger partial charge in [0, 0.05) is 24.2 Å². The molecule has 1 N–H and O–H groups in total. The minimum atomic E-state index is -3.41. The van der Waals surface area contributed by atoms with E-state index in [1.165, 1.54) is 4.31 Å². The van der Waals surface area contributed by atoms with E-state index < -0.39 is 16.1 Å². The molecular weight excluding hydrogens is 406 g/mol. The molecule has 0 radical (unpaired) electrons. The number of nitrogens with one attached hydrogen (secondary N) is 1. The quantitative estimate of drug-likeness (QED) is 0.639. The number of nitrogens with zero attached hydrogens (tertiary/aromatic N) is 2. The number of sulfonamides is 1. The molecule has 0 spiro atoms. The van der Waals surface area contributed by atoms with Crippen LogP contribution < -0.4 is 5.32 Å². The first kappa shape index (κ1) is 21.8. The fourth-order valence-electron chi connectivity index (χ4n) is 3.43. The van der Waals surface area contributed by atoms with Gasteiger partial charge < -0.3 is 5.32 Å². The fraction of sp³-hybridized carbons (Fsp3) is 0.429. The van der Waals surface area contributed by atoms with E-state index >= 15 is 0 Å². The summed E-state index contributed by atoms with van der Waals surface area (Å²) < 4.78 is 26.5. The number of pyridine rings is 1. The number of hydrogen-bond acceptors (Lipinski definition) is 5. The van der Waals surface area contributed by atoms with E-state index in [1.54, 1.807) is 18.0 Å². The third kappa shape index (κ3) is 6.04. The van der Waals surface area contributed by atoms with Crippen LogP contribution in [0, 0.1) is 0 Å². The lowest BCUT2D eigenvalue weighted by atomic mass is 10.0. The van der Waals surface area contributed by atoms with Crippen molar-refractivity contribution in [1.82, 2.24) is 9.29 Å². The van der Waals surface area contributed by atoms with Crippen LogP contribution in [0.15, 0.2) is 53.7 Å². The average molecular weight is 434 g/mol. The van der Waals surface area contributed by atoms with Crippen molar-refractivity contribution in [3.8, 4) is 0 Å². The number of piperidine rings is 1. The topological polar surface area (TPSA) is 79.4 Å². The highest BCUT2D eigenvalue weighted by atomic mass is 32.2. The summed E-state index contributed by atoms with van der Waals surface area (Å²) in [5.74, 6) is 0.567. The molecule has 1 atom stereocenters. The minimum Gasteiger partial charge on any atom is -0.325 e. The maximum atomic E-state index is 12.9. The highest BCUT2D eigenvalue weighted by Crippen LogP contribution is 2.25. The smallest absolute Gasteiger partial charge is 0.242 e. The minimum absolute atomic E-state index is 0.0804. The second-order valence-corrected chi connectivity index (χ2v) is 10.1. The molecule has 1 aliphatic heterocycles. The van der Waals surface area contributed by atoms with Gasteiger partial charge in [-0.2, -0.15) is 4.31 Å². The van der Waals surface area contributed by atoms with Gasteiger partial charge in [-0.15, -0.1) is 11.8 Å². The number of benzene rings is 1. The zero-order valence-corrected chi connectivity index (χ0v) is 18.2. The van der Waals surface area contributed by atoms with Crippen LogP contribution in [0.3, 0.4) is 0 Å². The summed E-state index contributed by atoms with van der Waals surface area (Å²) in [6.07, 6.45) is 4.53. The molecule has 6 nitrogen and oxygen atoms in total. The van der Waals surface area contributed by atoms with Gasteiger partial charge in [0.1, 0.15) is 6.04 Å². The summed E-state index contributed by atoms with van der Waals surface area (Å²) in [5.41, 5.74) is 1.75. The number of carbonyl (C=O) groups is 1. The molecule has 1 aromatic carbocycles. The van der Waals surface area contributed by atoms with Crippen molar-refractivity contribution in [3.05, 3.63) is 54.2 Å². The summed E-state index contributed by atoms with van der Waals surface area (Å²) in [6.45, 7) is 2.26. The van der Waals surface area contributed by atoms with E-state index in [4.69, 9.17) is 0 Å². The average Bonchev–Trinajstić information content (AvgIpc) is 2.73. The van der Waals surface area contributed by atoms with Crippen LogP contribution in [-0.2, 0) is 20.6 Å². The van der Waals surface area contributed by atoms with E-state index in [2.05, 4.69) is 10.3 Å². The molecule has 0 bridgehead atoms. The maximum Gasteiger partial charge on any atom is 0.242 e. The highest BCUT2D eigenvalue weighted by Gasteiger charge is 2.36. The monoisotopic (exact) mass is 433 g/mol. The Hall–Kier alpha value is -1.90. The van der Waals surface area contributed by atoms with Crippen molar-refractivity contribution in [2.75, 3.05) is 17.6 Å². The van der Waals surface area contributed by atoms with E-state index in [0.717, 1.165) is 29.2 Å². The molecule has 2 heterocycles. The summed E-state index contributed by atoms with van der Waals surface area (Å²) in [5, 5.41) is 3.87. The molecule has 1 aromatic heterocycles.